The van der Waals surface area contributed by atoms with E-state index in [-0.39, 0.29) is 5.56 Å². The summed E-state index contributed by atoms with van der Waals surface area (Å²) in [5.41, 5.74) is 9.43. The Morgan fingerprint density at radius 2 is 1.47 bits per heavy atom. The summed E-state index contributed by atoms with van der Waals surface area (Å²) in [6.45, 7) is 0. The maximum atomic E-state index is 13.4. The highest BCUT2D eigenvalue weighted by molar-refractivity contribution is 5.91. The lowest BCUT2D eigenvalue weighted by molar-refractivity contribution is 0.149. The van der Waals surface area contributed by atoms with E-state index in [1.165, 1.54) is 0 Å². The summed E-state index contributed by atoms with van der Waals surface area (Å²) in [6, 6.07) is -0.618. The molecule has 0 saturated heterocycles. The molecule has 3 nitrogen and oxygen atoms in total. The van der Waals surface area contributed by atoms with Crippen LogP contribution in [-0.4, -0.2) is 6.03 Å². The van der Waals surface area contributed by atoms with Gasteiger partial charge in [0.2, 0.25) is 0 Å². The Labute approximate surface area is 110 Å². The number of nitrogens with one attached hydrogen (secondary N) is 1. The third-order valence-corrected chi connectivity index (χ3v) is 4.16. The van der Waals surface area contributed by atoms with E-state index in [2.05, 4.69) is 5.32 Å². The lowest BCUT2D eigenvalue weighted by Gasteiger charge is -2.19. The van der Waals surface area contributed by atoms with Gasteiger partial charge in [-0.1, -0.05) is 0 Å². The first-order valence-electron chi connectivity index (χ1n) is 6.63. The number of anilines is 1. The number of halogens is 2. The molecule has 19 heavy (non-hydrogen) atoms. The average molecular weight is 266 g/mol. The van der Waals surface area contributed by atoms with Crippen LogP contribution in [0.3, 0.4) is 0 Å². The molecule has 102 valence electrons. The van der Waals surface area contributed by atoms with Crippen LogP contribution >= 0.6 is 0 Å². The van der Waals surface area contributed by atoms with Gasteiger partial charge >= 0.3 is 6.03 Å². The van der Waals surface area contributed by atoms with Gasteiger partial charge in [-0.05, 0) is 60.8 Å². The predicted octanol–water partition coefficient (Wildman–Crippen LogP) is 3.09. The van der Waals surface area contributed by atoms with Gasteiger partial charge in [0.25, 0.3) is 6.43 Å². The summed E-state index contributed by atoms with van der Waals surface area (Å²) >= 11 is 0. The van der Waals surface area contributed by atoms with E-state index in [1.807, 2.05) is 0 Å². The van der Waals surface area contributed by atoms with Gasteiger partial charge in [0.05, 0.1) is 0 Å². The molecule has 1 aromatic rings. The van der Waals surface area contributed by atoms with Crippen LogP contribution in [0.15, 0.2) is 0 Å². The van der Waals surface area contributed by atoms with Crippen LogP contribution in [-0.2, 0) is 25.7 Å². The molecule has 0 heterocycles. The number of benzene rings is 1. The lowest BCUT2D eigenvalue weighted by Crippen LogP contribution is -2.22. The number of hydrogen-bond acceptors (Lipinski definition) is 1. The van der Waals surface area contributed by atoms with Crippen molar-refractivity contribution in [2.24, 2.45) is 5.73 Å². The number of amides is 2. The number of primary amides is 1. The summed E-state index contributed by atoms with van der Waals surface area (Å²) in [5.74, 6) is 0. The minimum absolute atomic E-state index is 0.232. The van der Waals surface area contributed by atoms with Gasteiger partial charge < -0.3 is 11.1 Å². The fourth-order valence-corrected chi connectivity index (χ4v) is 3.54. The molecule has 0 spiro atoms. The largest absolute Gasteiger partial charge is 0.351 e. The van der Waals surface area contributed by atoms with Gasteiger partial charge in [0.1, 0.15) is 0 Å². The van der Waals surface area contributed by atoms with E-state index in [0.29, 0.717) is 12.8 Å². The standard InChI is InChI=1S/C14H16F2N2O/c15-13(16)11-7-3-1-5-9(7)12(18-14(17)19)10-6-2-4-8(10)11/h13H,1-6H2,(H3,17,18,19). The van der Waals surface area contributed by atoms with Crippen molar-refractivity contribution in [1.29, 1.82) is 0 Å². The Hall–Kier alpha value is -1.65. The minimum atomic E-state index is -2.43. The quantitative estimate of drug-likeness (QED) is 0.849. The Morgan fingerprint density at radius 1 is 1.00 bits per heavy atom. The molecule has 0 aliphatic heterocycles. The summed E-state index contributed by atoms with van der Waals surface area (Å²) in [6.07, 6.45) is 2.15. The van der Waals surface area contributed by atoms with Crippen molar-refractivity contribution < 1.29 is 13.6 Å². The molecule has 0 aromatic heterocycles. The maximum Gasteiger partial charge on any atom is 0.316 e. The van der Waals surface area contributed by atoms with Crippen molar-refractivity contribution in [2.45, 2.75) is 45.0 Å². The highest BCUT2D eigenvalue weighted by atomic mass is 19.3. The van der Waals surface area contributed by atoms with Crippen LogP contribution in [0, 0.1) is 0 Å². The lowest BCUT2D eigenvalue weighted by atomic mass is 9.92. The third-order valence-electron chi connectivity index (χ3n) is 4.16. The monoisotopic (exact) mass is 266 g/mol. The highest BCUT2D eigenvalue weighted by Crippen LogP contribution is 2.44. The molecule has 2 amide bonds. The molecular weight excluding hydrogens is 250 g/mol. The summed E-state index contributed by atoms with van der Waals surface area (Å²) in [7, 11) is 0. The number of carbonyl (C=O) groups is 1. The van der Waals surface area contributed by atoms with Crippen molar-refractivity contribution >= 4 is 11.7 Å². The fraction of sp³-hybridized carbons (Fsp3) is 0.500. The number of rotatable bonds is 2. The van der Waals surface area contributed by atoms with Gasteiger partial charge in [-0.15, -0.1) is 0 Å². The van der Waals surface area contributed by atoms with Crippen molar-refractivity contribution in [2.75, 3.05) is 5.32 Å². The number of alkyl halides is 2. The van der Waals surface area contributed by atoms with Gasteiger partial charge in [-0.25, -0.2) is 13.6 Å². The summed E-state index contributed by atoms with van der Waals surface area (Å²) in [5, 5.41) is 2.67. The van der Waals surface area contributed by atoms with Crippen LogP contribution in [0.5, 0.6) is 0 Å². The van der Waals surface area contributed by atoms with Gasteiger partial charge in [0.15, 0.2) is 0 Å². The Balaban J connectivity index is 2.25. The molecule has 2 aliphatic carbocycles. The SMILES string of the molecule is NC(=O)Nc1c2c(c(C(F)F)c3c1CCC3)CCC2. The molecule has 0 saturated carbocycles. The van der Waals surface area contributed by atoms with E-state index in [0.717, 1.165) is 53.6 Å². The van der Waals surface area contributed by atoms with Crippen molar-refractivity contribution in [3.63, 3.8) is 0 Å². The third kappa shape index (κ3) is 1.88. The smallest absolute Gasteiger partial charge is 0.316 e. The zero-order valence-electron chi connectivity index (χ0n) is 10.6. The topological polar surface area (TPSA) is 55.1 Å². The fourth-order valence-electron chi connectivity index (χ4n) is 3.54. The van der Waals surface area contributed by atoms with Crippen molar-refractivity contribution in [1.82, 2.24) is 0 Å². The maximum absolute atomic E-state index is 13.4. The number of nitrogens with two attached hydrogens (primary N) is 1. The number of urea groups is 1. The molecule has 0 fully saturated rings. The zero-order valence-corrected chi connectivity index (χ0v) is 10.6. The first kappa shape index (κ1) is 12.4. The average Bonchev–Trinajstić information content (AvgIpc) is 2.95. The Kier molecular flexibility index (Phi) is 2.92. The first-order valence-corrected chi connectivity index (χ1v) is 6.63. The zero-order chi connectivity index (χ0) is 13.6. The minimum Gasteiger partial charge on any atom is -0.351 e. The van der Waals surface area contributed by atoms with Crippen LogP contribution in [0.2, 0.25) is 0 Å². The second-order valence-electron chi connectivity index (χ2n) is 5.20. The van der Waals surface area contributed by atoms with Crippen molar-refractivity contribution in [3.8, 4) is 0 Å². The van der Waals surface area contributed by atoms with Gasteiger partial charge in [0, 0.05) is 11.3 Å². The van der Waals surface area contributed by atoms with Crippen LogP contribution < -0.4 is 11.1 Å². The molecule has 3 N–H and O–H groups in total. The molecule has 0 atom stereocenters. The normalized spacial score (nSPS) is 16.6. The van der Waals surface area contributed by atoms with Crippen LogP contribution in [0.25, 0.3) is 0 Å². The second-order valence-corrected chi connectivity index (χ2v) is 5.20. The summed E-state index contributed by atoms with van der Waals surface area (Å²) in [4.78, 5) is 11.2. The number of carbonyl (C=O) groups excluding carboxylic acids is 1. The van der Waals surface area contributed by atoms with E-state index in [4.69, 9.17) is 5.73 Å². The predicted molar refractivity (Wildman–Crippen MR) is 68.7 cm³/mol. The van der Waals surface area contributed by atoms with E-state index in [9.17, 15) is 13.6 Å². The molecule has 5 heteroatoms. The van der Waals surface area contributed by atoms with E-state index >= 15 is 0 Å². The molecule has 3 rings (SSSR count). The molecule has 0 unspecified atom stereocenters. The first-order chi connectivity index (χ1) is 9.09. The van der Waals surface area contributed by atoms with Gasteiger partial charge in [-0.2, -0.15) is 0 Å². The van der Waals surface area contributed by atoms with E-state index < -0.39 is 12.5 Å². The highest BCUT2D eigenvalue weighted by Gasteiger charge is 2.32. The molecule has 1 aromatic carbocycles. The van der Waals surface area contributed by atoms with E-state index in [1.54, 1.807) is 0 Å². The van der Waals surface area contributed by atoms with Crippen molar-refractivity contribution in [3.05, 3.63) is 27.8 Å². The molecule has 0 bridgehead atoms. The van der Waals surface area contributed by atoms with Gasteiger partial charge in [-0.3, -0.25) is 0 Å². The number of fused-ring (bicyclic) bond motifs is 2. The Bertz CT molecular complexity index is 520. The number of hydrogen-bond donors (Lipinski definition) is 2. The van der Waals surface area contributed by atoms with Crippen LogP contribution in [0.1, 0.15) is 47.1 Å². The summed E-state index contributed by atoms with van der Waals surface area (Å²) < 4.78 is 26.7. The molecular formula is C14H16F2N2O. The van der Waals surface area contributed by atoms with Crippen LogP contribution in [0.4, 0.5) is 19.3 Å². The molecule has 0 radical (unpaired) electrons. The molecule has 2 aliphatic rings. The second kappa shape index (κ2) is 4.47. The Morgan fingerprint density at radius 3 is 1.89 bits per heavy atom.